The molecule has 0 atom stereocenters. The number of benzene rings is 2. The van der Waals surface area contributed by atoms with Gasteiger partial charge in [0, 0.05) is 8.95 Å². The van der Waals surface area contributed by atoms with E-state index in [-0.39, 0.29) is 33.2 Å². The van der Waals surface area contributed by atoms with Crippen molar-refractivity contribution >= 4 is 61.3 Å². The van der Waals surface area contributed by atoms with Gasteiger partial charge in [0.15, 0.2) is 19.7 Å². The van der Waals surface area contributed by atoms with Crippen molar-refractivity contribution in [3.63, 3.8) is 0 Å². The average molecular weight is 578 g/mol. The summed E-state index contributed by atoms with van der Waals surface area (Å²) in [4.78, 5) is -0.265. The molecule has 0 bridgehead atoms. The molecule has 0 aliphatic heterocycles. The normalized spacial score (nSPS) is 13.6. The van der Waals surface area contributed by atoms with Crippen LogP contribution in [0.4, 0.5) is 0 Å². The van der Waals surface area contributed by atoms with Crippen molar-refractivity contribution in [2.45, 2.75) is 27.7 Å². The topological polar surface area (TPSA) is 68.3 Å². The Bertz CT molecular complexity index is 1020. The first-order valence-electron chi connectivity index (χ1n) is 9.55. The lowest BCUT2D eigenvalue weighted by Crippen LogP contribution is -2.20. The molecule has 2 aromatic rings. The molecule has 2 aromatic carbocycles. The van der Waals surface area contributed by atoms with Crippen LogP contribution in [0.5, 0.6) is 0 Å². The van der Waals surface area contributed by atoms with Crippen molar-refractivity contribution in [2.24, 2.45) is 11.8 Å². The molecule has 0 N–H and O–H groups in total. The maximum Gasteiger partial charge on any atom is 0.180 e. The Kier molecular flexibility index (Phi) is 8.52. The number of rotatable bonds is 8. The second-order valence-electron chi connectivity index (χ2n) is 8.02. The van der Waals surface area contributed by atoms with Gasteiger partial charge in [-0.1, -0.05) is 83.8 Å². The van der Waals surface area contributed by atoms with E-state index in [2.05, 4.69) is 31.9 Å². The molecule has 0 radical (unpaired) electrons. The standard InChI is InChI=1S/C22H26Br2O4S2/c1-15(2)13-29(25,26)21(17-5-9-19(23)10-6-17)22(30(27,28)14-16(3)4)18-7-11-20(24)12-8-18/h5-12,15-16H,13-14H2,1-4H3/b22-21+. The second kappa shape index (κ2) is 10.1. The van der Waals surface area contributed by atoms with Gasteiger partial charge in [-0.25, -0.2) is 16.8 Å². The van der Waals surface area contributed by atoms with Crippen LogP contribution in [0.3, 0.4) is 0 Å². The lowest BCUT2D eigenvalue weighted by Gasteiger charge is -2.19. The van der Waals surface area contributed by atoms with Crippen molar-refractivity contribution in [1.29, 1.82) is 0 Å². The third kappa shape index (κ3) is 6.52. The molecule has 0 saturated carbocycles. The molecular formula is C22H26Br2O4S2. The maximum atomic E-state index is 13.5. The van der Waals surface area contributed by atoms with Gasteiger partial charge in [0.25, 0.3) is 0 Å². The summed E-state index contributed by atoms with van der Waals surface area (Å²) < 4.78 is 55.5. The third-order valence-corrected chi connectivity index (χ3v) is 9.67. The lowest BCUT2D eigenvalue weighted by molar-refractivity contribution is 0.588. The molecule has 2 rings (SSSR count). The number of sulfone groups is 2. The molecule has 0 aromatic heterocycles. The van der Waals surface area contributed by atoms with E-state index in [9.17, 15) is 16.8 Å². The molecule has 164 valence electrons. The van der Waals surface area contributed by atoms with Gasteiger partial charge in [0.1, 0.15) is 0 Å². The van der Waals surface area contributed by atoms with E-state index in [0.29, 0.717) is 11.1 Å². The summed E-state index contributed by atoms with van der Waals surface area (Å²) in [5.41, 5.74) is 0.730. The molecule has 0 spiro atoms. The van der Waals surface area contributed by atoms with Gasteiger partial charge in [-0.2, -0.15) is 0 Å². The number of halogens is 2. The Hall–Kier alpha value is -0.960. The van der Waals surface area contributed by atoms with Crippen molar-refractivity contribution in [3.8, 4) is 0 Å². The first-order chi connectivity index (χ1) is 13.8. The Morgan fingerprint density at radius 3 is 1.13 bits per heavy atom. The van der Waals surface area contributed by atoms with Gasteiger partial charge in [0.05, 0.1) is 21.3 Å². The highest BCUT2D eigenvalue weighted by molar-refractivity contribution is 9.10. The third-order valence-electron chi connectivity index (χ3n) is 4.15. The highest BCUT2D eigenvalue weighted by Crippen LogP contribution is 2.37. The van der Waals surface area contributed by atoms with Crippen molar-refractivity contribution in [3.05, 3.63) is 68.6 Å². The van der Waals surface area contributed by atoms with Crippen LogP contribution in [0.2, 0.25) is 0 Å². The van der Waals surface area contributed by atoms with E-state index < -0.39 is 19.7 Å². The molecule has 0 unspecified atom stereocenters. The van der Waals surface area contributed by atoms with E-state index >= 15 is 0 Å². The lowest BCUT2D eigenvalue weighted by atomic mass is 10.1. The predicted molar refractivity (Wildman–Crippen MR) is 132 cm³/mol. The summed E-state index contributed by atoms with van der Waals surface area (Å²) in [6.07, 6.45) is 0. The fraction of sp³-hybridized carbons (Fsp3) is 0.364. The van der Waals surface area contributed by atoms with Crippen LogP contribution >= 0.6 is 31.9 Å². The van der Waals surface area contributed by atoms with Crippen molar-refractivity contribution in [1.82, 2.24) is 0 Å². The minimum Gasteiger partial charge on any atom is -0.224 e. The molecule has 0 aliphatic rings. The highest BCUT2D eigenvalue weighted by Gasteiger charge is 2.33. The molecule has 30 heavy (non-hydrogen) atoms. The van der Waals surface area contributed by atoms with Gasteiger partial charge in [0.2, 0.25) is 0 Å². The van der Waals surface area contributed by atoms with E-state index in [0.717, 1.165) is 8.95 Å². The average Bonchev–Trinajstić information content (AvgIpc) is 2.59. The molecule has 0 heterocycles. The summed E-state index contributed by atoms with van der Waals surface area (Å²) in [6, 6.07) is 13.4. The van der Waals surface area contributed by atoms with Gasteiger partial charge >= 0.3 is 0 Å². The van der Waals surface area contributed by atoms with Gasteiger partial charge in [-0.3, -0.25) is 0 Å². The highest BCUT2D eigenvalue weighted by atomic mass is 79.9. The first kappa shape index (κ1) is 25.3. The van der Waals surface area contributed by atoms with E-state index in [1.807, 2.05) is 0 Å². The number of hydrogen-bond donors (Lipinski definition) is 0. The zero-order valence-corrected chi connectivity index (χ0v) is 22.2. The van der Waals surface area contributed by atoms with Gasteiger partial charge in [-0.05, 0) is 47.2 Å². The van der Waals surface area contributed by atoms with Crippen molar-refractivity contribution in [2.75, 3.05) is 11.5 Å². The van der Waals surface area contributed by atoms with Crippen LogP contribution in [0, 0.1) is 11.8 Å². The summed E-state index contributed by atoms with van der Waals surface area (Å²) in [5.74, 6) is -0.593. The Balaban J connectivity index is 3.00. The Labute approximate surface area is 196 Å². The Morgan fingerprint density at radius 1 is 0.633 bits per heavy atom. The SMILES string of the molecule is CC(C)CS(=O)(=O)/C(=C(\c1ccc(Br)cc1)S(=O)(=O)CC(C)C)c1ccc(Br)cc1. The van der Waals surface area contributed by atoms with Crippen LogP contribution in [0.15, 0.2) is 57.5 Å². The van der Waals surface area contributed by atoms with E-state index in [1.54, 1.807) is 76.2 Å². The fourth-order valence-electron chi connectivity index (χ4n) is 3.15. The van der Waals surface area contributed by atoms with E-state index in [1.165, 1.54) is 0 Å². The quantitative estimate of drug-likeness (QED) is 0.351. The van der Waals surface area contributed by atoms with Gasteiger partial charge < -0.3 is 0 Å². The van der Waals surface area contributed by atoms with Crippen molar-refractivity contribution < 1.29 is 16.8 Å². The molecule has 0 fully saturated rings. The van der Waals surface area contributed by atoms with Crippen LogP contribution < -0.4 is 0 Å². The minimum atomic E-state index is -3.89. The van der Waals surface area contributed by atoms with Crippen LogP contribution in [0.1, 0.15) is 38.8 Å². The minimum absolute atomic E-state index is 0.133. The summed E-state index contributed by atoms with van der Waals surface area (Å²) in [7, 11) is -7.78. The smallest absolute Gasteiger partial charge is 0.180 e. The summed E-state index contributed by atoms with van der Waals surface area (Å²) >= 11 is 6.72. The molecule has 0 saturated heterocycles. The summed E-state index contributed by atoms with van der Waals surface area (Å²) in [6.45, 7) is 7.22. The zero-order chi connectivity index (χ0) is 22.7. The molecule has 8 heteroatoms. The van der Waals surface area contributed by atoms with Crippen LogP contribution in [-0.2, 0) is 19.7 Å². The second-order valence-corrected chi connectivity index (χ2v) is 13.8. The molecule has 4 nitrogen and oxygen atoms in total. The number of hydrogen-bond acceptors (Lipinski definition) is 4. The first-order valence-corrected chi connectivity index (χ1v) is 14.4. The van der Waals surface area contributed by atoms with Crippen LogP contribution in [-0.4, -0.2) is 28.3 Å². The Morgan fingerprint density at radius 2 is 0.900 bits per heavy atom. The molecule has 0 amide bonds. The monoisotopic (exact) mass is 576 g/mol. The van der Waals surface area contributed by atoms with E-state index in [4.69, 9.17) is 0 Å². The molecular weight excluding hydrogens is 552 g/mol. The zero-order valence-electron chi connectivity index (χ0n) is 17.4. The van der Waals surface area contributed by atoms with Crippen LogP contribution in [0.25, 0.3) is 9.81 Å². The predicted octanol–water partition coefficient (Wildman–Crippen LogP) is 6.18. The van der Waals surface area contributed by atoms with Gasteiger partial charge in [-0.15, -0.1) is 0 Å². The summed E-state index contributed by atoms with van der Waals surface area (Å²) in [5, 5.41) is 0. The largest absolute Gasteiger partial charge is 0.224 e. The maximum absolute atomic E-state index is 13.5. The fourth-order valence-corrected chi connectivity index (χ4v) is 8.32. The molecule has 0 aliphatic carbocycles.